The summed E-state index contributed by atoms with van der Waals surface area (Å²) in [6.45, 7) is 5.18. The van der Waals surface area contributed by atoms with Gasteiger partial charge in [-0.3, -0.25) is 4.79 Å². The van der Waals surface area contributed by atoms with Crippen LogP contribution < -0.4 is 5.32 Å². The van der Waals surface area contributed by atoms with Crippen molar-refractivity contribution in [2.75, 3.05) is 0 Å². The van der Waals surface area contributed by atoms with Crippen LogP contribution in [0.15, 0.2) is 24.3 Å². The van der Waals surface area contributed by atoms with Crippen molar-refractivity contribution in [1.82, 2.24) is 25.5 Å². The van der Waals surface area contributed by atoms with Gasteiger partial charge in [-0.05, 0) is 38.1 Å². The molecule has 0 aliphatic rings. The van der Waals surface area contributed by atoms with Crippen molar-refractivity contribution in [3.63, 3.8) is 0 Å². The van der Waals surface area contributed by atoms with Crippen molar-refractivity contribution in [1.29, 1.82) is 0 Å². The Hall–Kier alpha value is -2.45. The van der Waals surface area contributed by atoms with Crippen LogP contribution in [-0.2, 0) is 22.8 Å². The van der Waals surface area contributed by atoms with E-state index in [-0.39, 0.29) is 12.4 Å². The molecule has 1 heterocycles. The number of rotatable bonds is 4. The van der Waals surface area contributed by atoms with E-state index in [4.69, 9.17) is 0 Å². The molecule has 0 saturated heterocycles. The van der Waals surface area contributed by atoms with Gasteiger partial charge in [0.15, 0.2) is 5.82 Å². The van der Waals surface area contributed by atoms with E-state index in [0.29, 0.717) is 0 Å². The highest BCUT2D eigenvalue weighted by Crippen LogP contribution is 2.30. The zero-order valence-electron chi connectivity index (χ0n) is 12.8. The van der Waals surface area contributed by atoms with Gasteiger partial charge in [0.05, 0.1) is 17.6 Å². The molecule has 2 aromatic rings. The largest absolute Gasteiger partial charge is 0.352 e. The summed E-state index contributed by atoms with van der Waals surface area (Å²) in [7, 11) is 0. The minimum atomic E-state index is -3.99. The summed E-state index contributed by atoms with van der Waals surface area (Å²) < 4.78 is 41.4. The fraction of sp³-hybridized carbons (Fsp3) is 0.429. The molecule has 0 radical (unpaired) electrons. The summed E-state index contributed by atoms with van der Waals surface area (Å²) in [4.78, 5) is 13.0. The first-order chi connectivity index (χ1) is 10.6. The second-order valence-electron chi connectivity index (χ2n) is 5.90. The van der Waals surface area contributed by atoms with E-state index in [1.165, 1.54) is 16.9 Å². The lowest BCUT2D eigenvalue weighted by molar-refractivity contribution is -0.147. The lowest BCUT2D eigenvalue weighted by Crippen LogP contribution is -2.38. The molecule has 23 heavy (non-hydrogen) atoms. The van der Waals surface area contributed by atoms with Gasteiger partial charge in [-0.25, -0.2) is 4.39 Å². The van der Waals surface area contributed by atoms with Crippen molar-refractivity contribution in [2.45, 2.75) is 38.8 Å². The van der Waals surface area contributed by atoms with Crippen molar-refractivity contribution < 1.29 is 18.0 Å². The minimum Gasteiger partial charge on any atom is -0.343 e. The third kappa shape index (κ3) is 3.66. The van der Waals surface area contributed by atoms with Crippen LogP contribution >= 0.6 is 0 Å². The summed E-state index contributed by atoms with van der Waals surface area (Å²) in [6, 6.07) is 4.23. The highest BCUT2D eigenvalue weighted by Gasteiger charge is 2.43. The van der Waals surface area contributed by atoms with Crippen molar-refractivity contribution in [3.05, 3.63) is 41.5 Å². The van der Waals surface area contributed by atoms with Crippen LogP contribution in [0.5, 0.6) is 0 Å². The molecule has 9 heteroatoms. The molecule has 0 aliphatic carbocycles. The topological polar surface area (TPSA) is 72.7 Å². The number of carbonyl (C=O) groups excluding carboxylic acids is 1. The molecule has 0 saturated carbocycles. The Kier molecular flexibility index (Phi) is 4.39. The summed E-state index contributed by atoms with van der Waals surface area (Å²) >= 11 is 0. The molecule has 0 bridgehead atoms. The van der Waals surface area contributed by atoms with Gasteiger partial charge in [0, 0.05) is 0 Å². The van der Waals surface area contributed by atoms with Gasteiger partial charge in [0.1, 0.15) is 5.82 Å². The normalized spacial score (nSPS) is 12.3. The van der Waals surface area contributed by atoms with Crippen molar-refractivity contribution >= 4 is 5.91 Å². The number of amides is 1. The average Bonchev–Trinajstić information content (AvgIpc) is 2.94. The van der Waals surface area contributed by atoms with E-state index in [0.717, 1.165) is 12.1 Å². The number of tetrazole rings is 1. The number of carbonyl (C=O) groups is 1. The maximum atomic E-state index is 14.0. The van der Waals surface area contributed by atoms with Crippen LogP contribution in [-0.4, -0.2) is 26.1 Å². The second kappa shape index (κ2) is 5.98. The molecule has 1 N–H and O–H groups in total. The van der Waals surface area contributed by atoms with Crippen LogP contribution in [0, 0.1) is 5.82 Å². The summed E-state index contributed by atoms with van der Waals surface area (Å²) in [5.74, 6) is -6.69. The van der Waals surface area contributed by atoms with E-state index in [9.17, 15) is 18.0 Å². The highest BCUT2D eigenvalue weighted by molar-refractivity contribution is 5.84. The zero-order valence-corrected chi connectivity index (χ0v) is 12.8. The number of benzene rings is 1. The Labute approximate surface area is 130 Å². The van der Waals surface area contributed by atoms with E-state index >= 15 is 0 Å². The van der Waals surface area contributed by atoms with Gasteiger partial charge >= 0.3 is 5.92 Å². The number of hydrogen-bond acceptors (Lipinski definition) is 4. The van der Waals surface area contributed by atoms with E-state index < -0.39 is 28.7 Å². The number of alkyl halides is 2. The minimum absolute atomic E-state index is 0.0811. The molecule has 1 aromatic heterocycles. The van der Waals surface area contributed by atoms with Crippen LogP contribution in [0.2, 0.25) is 0 Å². The van der Waals surface area contributed by atoms with Gasteiger partial charge in [-0.1, -0.05) is 12.1 Å². The molecule has 6 nitrogen and oxygen atoms in total. The third-order valence-electron chi connectivity index (χ3n) is 2.96. The lowest BCUT2D eigenvalue weighted by Gasteiger charge is -2.16. The van der Waals surface area contributed by atoms with Crippen molar-refractivity contribution in [3.8, 4) is 0 Å². The first-order valence-electron chi connectivity index (χ1n) is 6.83. The van der Waals surface area contributed by atoms with Crippen molar-refractivity contribution in [2.24, 2.45) is 0 Å². The first-order valence-corrected chi connectivity index (χ1v) is 6.83. The molecule has 1 aromatic carbocycles. The van der Waals surface area contributed by atoms with E-state index in [1.54, 1.807) is 0 Å². The summed E-state index contributed by atoms with van der Waals surface area (Å²) in [5, 5.41) is 13.4. The zero-order chi connectivity index (χ0) is 17.3. The number of aromatic nitrogens is 4. The number of halogens is 3. The number of nitrogens with one attached hydrogen (secondary N) is 1. The van der Waals surface area contributed by atoms with Crippen LogP contribution in [0.3, 0.4) is 0 Å². The van der Waals surface area contributed by atoms with Crippen LogP contribution in [0.4, 0.5) is 13.2 Å². The smallest absolute Gasteiger partial charge is 0.343 e. The Bertz CT molecular complexity index is 708. The van der Waals surface area contributed by atoms with E-state index in [2.05, 4.69) is 15.4 Å². The third-order valence-corrected chi connectivity index (χ3v) is 2.96. The number of hydrogen-bond donors (Lipinski definition) is 1. The quantitative estimate of drug-likeness (QED) is 0.932. The van der Waals surface area contributed by atoms with E-state index in [1.807, 2.05) is 26.1 Å². The molecule has 0 aliphatic heterocycles. The van der Waals surface area contributed by atoms with Crippen LogP contribution in [0.25, 0.3) is 0 Å². The first kappa shape index (κ1) is 16.9. The molecule has 0 spiro atoms. The molecule has 1 amide bonds. The maximum Gasteiger partial charge on any atom is 0.352 e. The average molecular weight is 327 g/mol. The van der Waals surface area contributed by atoms with Crippen LogP contribution in [0.1, 0.15) is 32.2 Å². The molecular formula is C14H16F3N5O. The predicted molar refractivity (Wildman–Crippen MR) is 75.0 cm³/mol. The van der Waals surface area contributed by atoms with Gasteiger partial charge in [-0.15, -0.1) is 10.2 Å². The molecule has 124 valence electrons. The SMILES string of the molecule is CC(C)(C)n1nnc(CNC(=O)C(F)(F)c2ccccc2F)n1. The van der Waals surface area contributed by atoms with Gasteiger partial charge in [-0.2, -0.15) is 13.6 Å². The molecule has 0 fully saturated rings. The van der Waals surface area contributed by atoms with Gasteiger partial charge < -0.3 is 5.32 Å². The molecule has 0 unspecified atom stereocenters. The standard InChI is InChI=1S/C14H16F3N5O/c1-13(2,3)22-20-11(19-21-22)8-18-12(23)14(16,17)9-6-4-5-7-10(9)15/h4-7H,8H2,1-3H3,(H,18,23). The van der Waals surface area contributed by atoms with Gasteiger partial charge in [0.25, 0.3) is 5.91 Å². The second-order valence-corrected chi connectivity index (χ2v) is 5.90. The molecule has 2 rings (SSSR count). The molecule has 0 atom stereocenters. The fourth-order valence-electron chi connectivity index (χ4n) is 1.71. The number of nitrogens with zero attached hydrogens (tertiary/aromatic N) is 4. The van der Waals surface area contributed by atoms with Gasteiger partial charge in [0.2, 0.25) is 0 Å². The Morgan fingerprint density at radius 1 is 1.26 bits per heavy atom. The summed E-state index contributed by atoms with van der Waals surface area (Å²) in [6.07, 6.45) is 0. The Balaban J connectivity index is 2.07. The predicted octanol–water partition coefficient (Wildman–Crippen LogP) is 1.98. The summed E-state index contributed by atoms with van der Waals surface area (Å²) in [5.41, 5.74) is -1.41. The molecular weight excluding hydrogens is 311 g/mol. The lowest BCUT2D eigenvalue weighted by atomic mass is 10.1. The highest BCUT2D eigenvalue weighted by atomic mass is 19.3. The Morgan fingerprint density at radius 2 is 1.91 bits per heavy atom. The maximum absolute atomic E-state index is 14.0. The monoisotopic (exact) mass is 327 g/mol. The fourth-order valence-corrected chi connectivity index (χ4v) is 1.71. The Morgan fingerprint density at radius 3 is 2.48 bits per heavy atom.